The van der Waals surface area contributed by atoms with Crippen LogP contribution in [0.15, 0.2) is 35.5 Å². The summed E-state index contributed by atoms with van der Waals surface area (Å²) in [7, 11) is 0. The molecule has 98 valence electrons. The first kappa shape index (κ1) is 14.2. The number of benzene rings is 1. The van der Waals surface area contributed by atoms with E-state index in [1.807, 2.05) is 37.3 Å². The number of rotatable bonds is 7. The lowest BCUT2D eigenvalue weighted by atomic mass is 10.1. The van der Waals surface area contributed by atoms with Gasteiger partial charge < -0.3 is 9.94 Å². The molecule has 0 aliphatic carbocycles. The van der Waals surface area contributed by atoms with E-state index in [4.69, 9.17) is 9.94 Å². The van der Waals surface area contributed by atoms with Gasteiger partial charge in [-0.25, -0.2) is 4.79 Å². The number of nitrogens with zero attached hydrogens (tertiary/aromatic N) is 1. The Morgan fingerprint density at radius 2 is 2.06 bits per heavy atom. The van der Waals surface area contributed by atoms with Gasteiger partial charge in [-0.3, -0.25) is 0 Å². The van der Waals surface area contributed by atoms with Crippen molar-refractivity contribution in [1.82, 2.24) is 0 Å². The fraction of sp³-hybridized carbons (Fsp3) is 0.429. The van der Waals surface area contributed by atoms with Crippen LogP contribution in [0.1, 0.15) is 31.7 Å². The summed E-state index contributed by atoms with van der Waals surface area (Å²) in [5.74, 6) is -0.526. The summed E-state index contributed by atoms with van der Waals surface area (Å²) in [6, 6.07) is 9.74. The van der Waals surface area contributed by atoms with Gasteiger partial charge in [-0.15, -0.1) is 0 Å². The first-order valence-corrected chi connectivity index (χ1v) is 6.20. The standard InChI is InChI=1S/C14H19NO3/c1-2-3-11-18-14(16)13(15-17)10-9-12-7-5-4-6-8-12/h4-8,17H,2-3,9-11H2,1H3. The number of ether oxygens (including phenoxy) is 1. The molecule has 0 saturated heterocycles. The van der Waals surface area contributed by atoms with Crippen LogP contribution in [-0.2, 0) is 16.0 Å². The molecule has 0 unspecified atom stereocenters. The van der Waals surface area contributed by atoms with Gasteiger partial charge in [0.25, 0.3) is 0 Å². The van der Waals surface area contributed by atoms with Crippen molar-refractivity contribution in [1.29, 1.82) is 0 Å². The molecule has 0 saturated carbocycles. The quantitative estimate of drug-likeness (QED) is 0.266. The second-order valence-corrected chi connectivity index (χ2v) is 4.02. The highest BCUT2D eigenvalue weighted by Gasteiger charge is 2.13. The van der Waals surface area contributed by atoms with Gasteiger partial charge in [0.1, 0.15) is 0 Å². The molecule has 1 rings (SSSR count). The third kappa shape index (κ3) is 4.99. The normalized spacial score (nSPS) is 11.3. The van der Waals surface area contributed by atoms with Crippen molar-refractivity contribution >= 4 is 11.7 Å². The Labute approximate surface area is 107 Å². The maximum Gasteiger partial charge on any atom is 0.356 e. The monoisotopic (exact) mass is 249 g/mol. The maximum absolute atomic E-state index is 11.6. The third-order valence-corrected chi connectivity index (χ3v) is 2.58. The lowest BCUT2D eigenvalue weighted by Gasteiger charge is -2.05. The maximum atomic E-state index is 11.6. The molecule has 1 aromatic rings. The number of carbonyl (C=O) groups is 1. The Bertz CT molecular complexity index is 387. The van der Waals surface area contributed by atoms with E-state index in [0.29, 0.717) is 19.4 Å². The Morgan fingerprint density at radius 1 is 1.33 bits per heavy atom. The molecule has 0 bridgehead atoms. The lowest BCUT2D eigenvalue weighted by Crippen LogP contribution is -2.19. The van der Waals surface area contributed by atoms with Gasteiger partial charge in [-0.1, -0.05) is 48.8 Å². The summed E-state index contributed by atoms with van der Waals surface area (Å²) in [6.45, 7) is 2.39. The van der Waals surface area contributed by atoms with E-state index in [2.05, 4.69) is 5.16 Å². The number of oxime groups is 1. The SMILES string of the molecule is CCCCOC(=O)C(CCc1ccccc1)=NO. The van der Waals surface area contributed by atoms with Crippen molar-refractivity contribution in [2.75, 3.05) is 6.61 Å². The second kappa shape index (κ2) is 8.28. The summed E-state index contributed by atoms with van der Waals surface area (Å²) in [4.78, 5) is 11.6. The average molecular weight is 249 g/mol. The molecule has 4 nitrogen and oxygen atoms in total. The van der Waals surface area contributed by atoms with Crippen molar-refractivity contribution in [3.05, 3.63) is 35.9 Å². The van der Waals surface area contributed by atoms with Gasteiger partial charge in [0, 0.05) is 6.42 Å². The van der Waals surface area contributed by atoms with E-state index in [-0.39, 0.29) is 5.71 Å². The number of hydrogen-bond acceptors (Lipinski definition) is 4. The highest BCUT2D eigenvalue weighted by Crippen LogP contribution is 2.04. The van der Waals surface area contributed by atoms with E-state index in [1.165, 1.54) is 0 Å². The molecular weight excluding hydrogens is 230 g/mol. The van der Waals surface area contributed by atoms with Crippen LogP contribution in [0.4, 0.5) is 0 Å². The van der Waals surface area contributed by atoms with Crippen LogP contribution < -0.4 is 0 Å². The van der Waals surface area contributed by atoms with Crippen LogP contribution >= 0.6 is 0 Å². The fourth-order valence-corrected chi connectivity index (χ4v) is 1.49. The zero-order valence-electron chi connectivity index (χ0n) is 10.6. The number of hydrogen-bond donors (Lipinski definition) is 1. The molecule has 18 heavy (non-hydrogen) atoms. The van der Waals surface area contributed by atoms with Crippen molar-refractivity contribution in [2.24, 2.45) is 5.16 Å². The van der Waals surface area contributed by atoms with Crippen LogP contribution in [-0.4, -0.2) is 23.5 Å². The smallest absolute Gasteiger partial charge is 0.356 e. The van der Waals surface area contributed by atoms with E-state index in [9.17, 15) is 4.79 Å². The lowest BCUT2D eigenvalue weighted by molar-refractivity contribution is -0.135. The van der Waals surface area contributed by atoms with Crippen LogP contribution in [0.5, 0.6) is 0 Å². The highest BCUT2D eigenvalue weighted by molar-refractivity contribution is 6.36. The fourth-order valence-electron chi connectivity index (χ4n) is 1.49. The predicted molar refractivity (Wildman–Crippen MR) is 69.9 cm³/mol. The van der Waals surface area contributed by atoms with Gasteiger partial charge in [-0.05, 0) is 18.4 Å². The summed E-state index contributed by atoms with van der Waals surface area (Å²) in [5, 5.41) is 11.8. The van der Waals surface area contributed by atoms with E-state index in [0.717, 1.165) is 18.4 Å². The first-order chi connectivity index (χ1) is 8.77. The summed E-state index contributed by atoms with van der Waals surface area (Å²) in [6.07, 6.45) is 2.82. The van der Waals surface area contributed by atoms with Gasteiger partial charge in [0.05, 0.1) is 6.61 Å². The van der Waals surface area contributed by atoms with E-state index in [1.54, 1.807) is 0 Å². The third-order valence-electron chi connectivity index (χ3n) is 2.58. The first-order valence-electron chi connectivity index (χ1n) is 6.20. The number of unbranched alkanes of at least 4 members (excludes halogenated alkanes) is 1. The number of carbonyl (C=O) groups excluding carboxylic acids is 1. The van der Waals surface area contributed by atoms with Crippen LogP contribution in [0.2, 0.25) is 0 Å². The van der Waals surface area contributed by atoms with Crippen molar-refractivity contribution < 1.29 is 14.7 Å². The molecule has 1 aromatic carbocycles. The Hall–Kier alpha value is -1.84. The topological polar surface area (TPSA) is 58.9 Å². The Kier molecular flexibility index (Phi) is 6.54. The minimum atomic E-state index is -0.526. The molecule has 0 aliphatic rings. The minimum absolute atomic E-state index is 0.0787. The van der Waals surface area contributed by atoms with Crippen LogP contribution in [0, 0.1) is 0 Å². The number of esters is 1. The molecule has 0 atom stereocenters. The molecule has 1 N–H and O–H groups in total. The molecule has 0 fully saturated rings. The van der Waals surface area contributed by atoms with Gasteiger partial charge >= 0.3 is 5.97 Å². The Morgan fingerprint density at radius 3 is 2.67 bits per heavy atom. The second-order valence-electron chi connectivity index (χ2n) is 4.02. The summed E-state index contributed by atoms with van der Waals surface area (Å²) < 4.78 is 4.99. The molecular formula is C14H19NO3. The zero-order chi connectivity index (χ0) is 13.2. The molecule has 0 aromatic heterocycles. The number of aryl methyl sites for hydroxylation is 1. The zero-order valence-corrected chi connectivity index (χ0v) is 10.6. The van der Waals surface area contributed by atoms with Gasteiger partial charge in [0.15, 0.2) is 5.71 Å². The van der Waals surface area contributed by atoms with Gasteiger partial charge in [0.2, 0.25) is 0 Å². The minimum Gasteiger partial charge on any atom is -0.461 e. The van der Waals surface area contributed by atoms with Crippen LogP contribution in [0.25, 0.3) is 0 Å². The highest BCUT2D eigenvalue weighted by atomic mass is 16.5. The molecule has 0 spiro atoms. The Balaban J connectivity index is 2.40. The summed E-state index contributed by atoms with van der Waals surface area (Å²) >= 11 is 0. The molecule has 0 radical (unpaired) electrons. The van der Waals surface area contributed by atoms with Gasteiger partial charge in [-0.2, -0.15) is 0 Å². The molecule has 0 heterocycles. The molecule has 0 amide bonds. The summed E-state index contributed by atoms with van der Waals surface area (Å²) in [5.41, 5.74) is 1.18. The van der Waals surface area contributed by atoms with Crippen molar-refractivity contribution in [2.45, 2.75) is 32.6 Å². The van der Waals surface area contributed by atoms with Crippen molar-refractivity contribution in [3.8, 4) is 0 Å². The largest absolute Gasteiger partial charge is 0.461 e. The molecule has 0 aliphatic heterocycles. The van der Waals surface area contributed by atoms with E-state index < -0.39 is 5.97 Å². The van der Waals surface area contributed by atoms with Crippen molar-refractivity contribution in [3.63, 3.8) is 0 Å². The molecule has 4 heteroatoms. The average Bonchev–Trinajstić information content (AvgIpc) is 2.41. The van der Waals surface area contributed by atoms with E-state index >= 15 is 0 Å². The predicted octanol–water partition coefficient (Wildman–Crippen LogP) is 2.79. The van der Waals surface area contributed by atoms with Crippen LogP contribution in [0.3, 0.4) is 0 Å².